The van der Waals surface area contributed by atoms with Crippen molar-refractivity contribution in [2.45, 2.75) is 65.8 Å². The van der Waals surface area contributed by atoms with Crippen LogP contribution in [0.4, 0.5) is 0 Å². The van der Waals surface area contributed by atoms with Crippen molar-refractivity contribution in [2.75, 3.05) is 6.54 Å². The summed E-state index contributed by atoms with van der Waals surface area (Å²) in [7, 11) is -1.78. The van der Waals surface area contributed by atoms with Crippen molar-refractivity contribution in [2.24, 2.45) is 17.6 Å². The van der Waals surface area contributed by atoms with E-state index >= 15 is 0 Å². The molecule has 0 rings (SSSR count). The molecule has 1 unspecified atom stereocenters. The largest absolute Gasteiger partial charge is 0.413 e. The average Bonchev–Trinajstić information content (AvgIpc) is 2.33. The van der Waals surface area contributed by atoms with E-state index in [1.165, 1.54) is 5.57 Å². The minimum Gasteiger partial charge on any atom is -0.413 e. The van der Waals surface area contributed by atoms with Crippen molar-refractivity contribution in [1.82, 2.24) is 0 Å². The van der Waals surface area contributed by atoms with E-state index in [0.29, 0.717) is 18.4 Å². The van der Waals surface area contributed by atoms with E-state index in [1.54, 1.807) is 0 Å². The standard InChI is InChI=1S/C17H35NOSi/c1-10-14(3)16(15(4)11-13(2)12-18)19-20(8,9)17(5,6)7/h10-11,14-16H,1,12,18H2,2-9H3/b13-11-/t14?,15-,16-/m1/s1. The third-order valence-corrected chi connectivity index (χ3v) is 8.99. The van der Waals surface area contributed by atoms with Crippen molar-refractivity contribution in [3.05, 3.63) is 24.3 Å². The molecule has 0 aliphatic heterocycles. The first-order valence-electron chi connectivity index (χ1n) is 7.64. The van der Waals surface area contributed by atoms with Crippen molar-refractivity contribution >= 4 is 8.32 Å². The zero-order chi connectivity index (χ0) is 16.1. The van der Waals surface area contributed by atoms with Crippen LogP contribution in [0.15, 0.2) is 24.3 Å². The van der Waals surface area contributed by atoms with Gasteiger partial charge in [-0.3, -0.25) is 0 Å². The molecule has 0 aromatic rings. The molecule has 2 N–H and O–H groups in total. The molecular formula is C17H35NOSi. The fraction of sp³-hybridized carbons (Fsp3) is 0.765. The van der Waals surface area contributed by atoms with E-state index < -0.39 is 8.32 Å². The minimum absolute atomic E-state index is 0.176. The van der Waals surface area contributed by atoms with E-state index in [0.717, 1.165) is 0 Å². The molecule has 0 saturated carbocycles. The van der Waals surface area contributed by atoms with Gasteiger partial charge in [0.15, 0.2) is 8.32 Å². The Balaban J connectivity index is 5.24. The normalized spacial score (nSPS) is 18.6. The summed E-state index contributed by atoms with van der Waals surface area (Å²) in [5.74, 6) is 0.682. The van der Waals surface area contributed by atoms with E-state index in [9.17, 15) is 0 Å². The van der Waals surface area contributed by atoms with Gasteiger partial charge in [-0.25, -0.2) is 0 Å². The molecule has 3 heteroatoms. The van der Waals surface area contributed by atoms with E-state index in [4.69, 9.17) is 10.2 Å². The van der Waals surface area contributed by atoms with Crippen LogP contribution in [-0.4, -0.2) is 21.0 Å². The molecule has 0 fully saturated rings. The van der Waals surface area contributed by atoms with Gasteiger partial charge in [0.1, 0.15) is 0 Å². The third kappa shape index (κ3) is 5.55. The molecular weight excluding hydrogens is 262 g/mol. The average molecular weight is 298 g/mol. The molecule has 20 heavy (non-hydrogen) atoms. The lowest BCUT2D eigenvalue weighted by Crippen LogP contribution is -2.47. The van der Waals surface area contributed by atoms with Gasteiger partial charge in [-0.2, -0.15) is 0 Å². The molecule has 2 nitrogen and oxygen atoms in total. The van der Waals surface area contributed by atoms with Gasteiger partial charge in [0.05, 0.1) is 6.10 Å². The van der Waals surface area contributed by atoms with Gasteiger partial charge in [-0.1, -0.05) is 52.3 Å². The Morgan fingerprint density at radius 3 is 2.10 bits per heavy atom. The summed E-state index contributed by atoms with van der Waals surface area (Å²) >= 11 is 0. The molecule has 0 aliphatic rings. The first-order chi connectivity index (χ1) is 8.96. The molecule has 0 saturated heterocycles. The molecule has 0 aliphatic carbocycles. The summed E-state index contributed by atoms with van der Waals surface area (Å²) in [6, 6.07) is 0. The molecule has 118 valence electrons. The van der Waals surface area contributed by atoms with E-state index in [1.807, 2.05) is 6.08 Å². The van der Waals surface area contributed by atoms with Crippen molar-refractivity contribution in [3.63, 3.8) is 0 Å². The summed E-state index contributed by atoms with van der Waals surface area (Å²) in [5, 5.41) is 0.221. The van der Waals surface area contributed by atoms with E-state index in [2.05, 4.69) is 67.3 Å². The summed E-state index contributed by atoms with van der Waals surface area (Å²) in [6.45, 7) is 22.5. The molecule has 3 atom stereocenters. The maximum atomic E-state index is 6.64. The summed E-state index contributed by atoms with van der Waals surface area (Å²) in [6.07, 6.45) is 4.42. The first-order valence-corrected chi connectivity index (χ1v) is 10.5. The number of nitrogens with two attached hydrogens (primary N) is 1. The lowest BCUT2D eigenvalue weighted by atomic mass is 9.92. The van der Waals surface area contributed by atoms with E-state index in [-0.39, 0.29) is 11.1 Å². The fourth-order valence-corrected chi connectivity index (χ4v) is 3.42. The van der Waals surface area contributed by atoms with Gasteiger partial charge in [-0.15, -0.1) is 6.58 Å². The molecule has 0 aromatic carbocycles. The van der Waals surface area contributed by atoms with Crippen LogP contribution in [0, 0.1) is 11.8 Å². The highest BCUT2D eigenvalue weighted by molar-refractivity contribution is 6.74. The predicted octanol–water partition coefficient (Wildman–Crippen LogP) is 4.74. The Labute approximate surface area is 127 Å². The Bertz CT molecular complexity index is 341. The predicted molar refractivity (Wildman–Crippen MR) is 93.4 cm³/mol. The Morgan fingerprint density at radius 2 is 1.75 bits per heavy atom. The van der Waals surface area contributed by atoms with Crippen LogP contribution >= 0.6 is 0 Å². The Morgan fingerprint density at radius 1 is 1.25 bits per heavy atom. The topological polar surface area (TPSA) is 35.2 Å². The van der Waals surface area contributed by atoms with Crippen LogP contribution in [0.3, 0.4) is 0 Å². The molecule has 0 radical (unpaired) electrons. The first kappa shape index (κ1) is 19.6. The summed E-state index contributed by atoms with van der Waals surface area (Å²) in [4.78, 5) is 0. The van der Waals surface area contributed by atoms with Crippen LogP contribution in [0.2, 0.25) is 18.1 Å². The second kappa shape index (κ2) is 7.58. The Kier molecular flexibility index (Phi) is 7.43. The van der Waals surface area contributed by atoms with Gasteiger partial charge in [0, 0.05) is 6.54 Å². The molecule has 0 aromatic heterocycles. The summed E-state index contributed by atoms with van der Waals surface area (Å²) < 4.78 is 6.64. The Hall–Kier alpha value is -0.383. The maximum Gasteiger partial charge on any atom is 0.192 e. The highest BCUT2D eigenvalue weighted by Gasteiger charge is 2.40. The number of rotatable bonds is 7. The fourth-order valence-electron chi connectivity index (χ4n) is 1.96. The van der Waals surface area contributed by atoms with Crippen LogP contribution < -0.4 is 5.73 Å². The highest BCUT2D eigenvalue weighted by atomic mass is 28.4. The van der Waals surface area contributed by atoms with Gasteiger partial charge in [0.2, 0.25) is 0 Å². The quantitative estimate of drug-likeness (QED) is 0.544. The highest BCUT2D eigenvalue weighted by Crippen LogP contribution is 2.39. The monoisotopic (exact) mass is 297 g/mol. The zero-order valence-electron chi connectivity index (χ0n) is 14.8. The van der Waals surface area contributed by atoms with Crippen molar-refractivity contribution in [3.8, 4) is 0 Å². The van der Waals surface area contributed by atoms with Gasteiger partial charge < -0.3 is 10.2 Å². The number of hydrogen-bond acceptors (Lipinski definition) is 2. The molecule has 0 bridgehead atoms. The summed E-state index contributed by atoms with van der Waals surface area (Å²) in [5.41, 5.74) is 6.93. The lowest BCUT2D eigenvalue weighted by molar-refractivity contribution is 0.111. The van der Waals surface area contributed by atoms with Gasteiger partial charge >= 0.3 is 0 Å². The second-order valence-electron chi connectivity index (χ2n) is 7.51. The molecule has 0 heterocycles. The molecule has 0 amide bonds. The SMILES string of the molecule is C=CC(C)[C@@H](O[Si](C)(C)C(C)(C)C)[C@H](C)/C=C(/C)CN. The van der Waals surface area contributed by atoms with Crippen LogP contribution in [0.1, 0.15) is 41.5 Å². The second-order valence-corrected chi connectivity index (χ2v) is 12.3. The van der Waals surface area contributed by atoms with Crippen molar-refractivity contribution < 1.29 is 4.43 Å². The maximum absolute atomic E-state index is 6.64. The van der Waals surface area contributed by atoms with Crippen LogP contribution in [0.25, 0.3) is 0 Å². The van der Waals surface area contributed by atoms with Crippen LogP contribution in [-0.2, 0) is 4.43 Å². The third-order valence-electron chi connectivity index (χ3n) is 4.51. The molecule has 0 spiro atoms. The van der Waals surface area contributed by atoms with Gasteiger partial charge in [-0.05, 0) is 36.9 Å². The van der Waals surface area contributed by atoms with Crippen LogP contribution in [0.5, 0.6) is 0 Å². The zero-order valence-corrected chi connectivity index (χ0v) is 15.8. The smallest absolute Gasteiger partial charge is 0.192 e. The lowest BCUT2D eigenvalue weighted by Gasteiger charge is -2.42. The minimum atomic E-state index is -1.78. The van der Waals surface area contributed by atoms with Gasteiger partial charge in [0.25, 0.3) is 0 Å². The number of hydrogen-bond donors (Lipinski definition) is 1. The van der Waals surface area contributed by atoms with Crippen molar-refractivity contribution in [1.29, 1.82) is 0 Å².